The van der Waals surface area contributed by atoms with Gasteiger partial charge in [0, 0.05) is 13.0 Å². The number of hydrogen-bond acceptors (Lipinski definition) is 3. The first-order valence-electron chi connectivity index (χ1n) is 7.47. The van der Waals surface area contributed by atoms with Crippen LogP contribution in [0.15, 0.2) is 24.3 Å². The molecule has 0 bridgehead atoms. The molecule has 22 heavy (non-hydrogen) atoms. The lowest BCUT2D eigenvalue weighted by Gasteiger charge is -2.24. The molecular formula is C17H25NO4. The smallest absolute Gasteiger partial charge is 0.323 e. The van der Waals surface area contributed by atoms with Gasteiger partial charge < -0.3 is 14.7 Å². The summed E-state index contributed by atoms with van der Waals surface area (Å²) in [4.78, 5) is 24.7. The second-order valence-corrected chi connectivity index (χ2v) is 5.94. The fraction of sp³-hybridized carbons (Fsp3) is 0.529. The van der Waals surface area contributed by atoms with Crippen LogP contribution < -0.4 is 4.74 Å². The molecule has 1 unspecified atom stereocenters. The van der Waals surface area contributed by atoms with E-state index in [1.54, 1.807) is 7.11 Å². The SMILES string of the molecule is COc1ccc(C(C)CC(=O)N(CC(=O)O)CC(C)C)cc1. The maximum absolute atomic E-state index is 12.4. The lowest BCUT2D eigenvalue weighted by Crippen LogP contribution is -2.38. The zero-order chi connectivity index (χ0) is 16.7. The third kappa shape index (κ3) is 5.76. The number of carbonyl (C=O) groups excluding carboxylic acids is 1. The second kappa shape index (κ2) is 8.41. The fourth-order valence-corrected chi connectivity index (χ4v) is 2.30. The average Bonchev–Trinajstić information content (AvgIpc) is 2.45. The van der Waals surface area contributed by atoms with E-state index in [-0.39, 0.29) is 24.3 Å². The number of rotatable bonds is 8. The molecule has 1 N–H and O–H groups in total. The van der Waals surface area contributed by atoms with Crippen LogP contribution in [0.1, 0.15) is 38.7 Å². The molecule has 5 nitrogen and oxygen atoms in total. The van der Waals surface area contributed by atoms with Crippen molar-refractivity contribution in [3.05, 3.63) is 29.8 Å². The minimum absolute atomic E-state index is 0.0295. The van der Waals surface area contributed by atoms with Gasteiger partial charge in [-0.1, -0.05) is 32.9 Å². The van der Waals surface area contributed by atoms with Gasteiger partial charge >= 0.3 is 5.97 Å². The maximum Gasteiger partial charge on any atom is 0.323 e. The number of aliphatic carboxylic acids is 1. The molecule has 0 saturated carbocycles. The number of nitrogens with zero attached hydrogens (tertiary/aromatic N) is 1. The number of hydrogen-bond donors (Lipinski definition) is 1. The standard InChI is InChI=1S/C17H25NO4/c1-12(2)10-18(11-17(20)21)16(19)9-13(3)14-5-7-15(22-4)8-6-14/h5-8,12-13H,9-11H2,1-4H3,(H,20,21). The Morgan fingerprint density at radius 1 is 1.18 bits per heavy atom. The molecule has 0 fully saturated rings. The Bertz CT molecular complexity index is 496. The summed E-state index contributed by atoms with van der Waals surface area (Å²) >= 11 is 0. The van der Waals surface area contributed by atoms with Gasteiger partial charge in [0.1, 0.15) is 12.3 Å². The Kier molecular flexibility index (Phi) is 6.89. The zero-order valence-electron chi connectivity index (χ0n) is 13.7. The Morgan fingerprint density at radius 3 is 2.23 bits per heavy atom. The van der Waals surface area contributed by atoms with Gasteiger partial charge in [-0.2, -0.15) is 0 Å². The minimum atomic E-state index is -0.980. The molecule has 1 rings (SSSR count). The Balaban J connectivity index is 2.71. The molecule has 0 spiro atoms. The largest absolute Gasteiger partial charge is 0.497 e. The van der Waals surface area contributed by atoms with Crippen LogP contribution in [0.4, 0.5) is 0 Å². The first-order valence-corrected chi connectivity index (χ1v) is 7.47. The van der Waals surface area contributed by atoms with Crippen LogP contribution in [0, 0.1) is 5.92 Å². The number of methoxy groups -OCH3 is 1. The van der Waals surface area contributed by atoms with Gasteiger partial charge in [-0.05, 0) is 29.5 Å². The van der Waals surface area contributed by atoms with Crippen LogP contribution in [0.2, 0.25) is 0 Å². The van der Waals surface area contributed by atoms with Crippen molar-refractivity contribution < 1.29 is 19.4 Å². The summed E-state index contributed by atoms with van der Waals surface area (Å²) in [7, 11) is 1.61. The fourth-order valence-electron chi connectivity index (χ4n) is 2.30. The van der Waals surface area contributed by atoms with Gasteiger partial charge in [-0.25, -0.2) is 0 Å². The van der Waals surface area contributed by atoms with E-state index in [4.69, 9.17) is 9.84 Å². The molecule has 1 atom stereocenters. The van der Waals surface area contributed by atoms with E-state index in [0.717, 1.165) is 11.3 Å². The number of carbonyl (C=O) groups is 2. The van der Waals surface area contributed by atoms with Crippen LogP contribution in [-0.4, -0.2) is 42.1 Å². The van der Waals surface area contributed by atoms with Gasteiger partial charge in [0.2, 0.25) is 5.91 Å². The molecule has 0 heterocycles. The van der Waals surface area contributed by atoms with Crippen molar-refractivity contribution in [2.75, 3.05) is 20.2 Å². The molecule has 1 amide bonds. The van der Waals surface area contributed by atoms with E-state index in [2.05, 4.69) is 0 Å². The molecule has 0 aromatic heterocycles. The van der Waals surface area contributed by atoms with E-state index < -0.39 is 5.97 Å². The summed E-state index contributed by atoms with van der Waals surface area (Å²) in [5, 5.41) is 8.95. The number of amides is 1. The van der Waals surface area contributed by atoms with E-state index in [9.17, 15) is 9.59 Å². The number of carboxylic acid groups (broad SMARTS) is 1. The topological polar surface area (TPSA) is 66.8 Å². The van der Waals surface area contributed by atoms with Gasteiger partial charge in [0.15, 0.2) is 0 Å². The van der Waals surface area contributed by atoms with Crippen molar-refractivity contribution in [1.82, 2.24) is 4.90 Å². The van der Waals surface area contributed by atoms with Crippen molar-refractivity contribution in [2.24, 2.45) is 5.92 Å². The molecule has 5 heteroatoms. The molecule has 122 valence electrons. The lowest BCUT2D eigenvalue weighted by atomic mass is 9.97. The summed E-state index contributed by atoms with van der Waals surface area (Å²) in [5.41, 5.74) is 1.04. The third-order valence-corrected chi connectivity index (χ3v) is 3.43. The molecule has 0 aliphatic rings. The molecule has 0 radical (unpaired) electrons. The second-order valence-electron chi connectivity index (χ2n) is 5.94. The number of ether oxygens (including phenoxy) is 1. The molecule has 0 aliphatic heterocycles. The highest BCUT2D eigenvalue weighted by Crippen LogP contribution is 2.22. The van der Waals surface area contributed by atoms with Gasteiger partial charge in [-0.15, -0.1) is 0 Å². The zero-order valence-corrected chi connectivity index (χ0v) is 13.7. The van der Waals surface area contributed by atoms with Gasteiger partial charge in [0.05, 0.1) is 7.11 Å². The van der Waals surface area contributed by atoms with Gasteiger partial charge in [-0.3, -0.25) is 9.59 Å². The highest BCUT2D eigenvalue weighted by atomic mass is 16.5. The van der Waals surface area contributed by atoms with Crippen molar-refractivity contribution >= 4 is 11.9 Å². The lowest BCUT2D eigenvalue weighted by molar-refractivity contribution is -0.145. The maximum atomic E-state index is 12.4. The normalized spacial score (nSPS) is 12.0. The molecule has 0 saturated heterocycles. The summed E-state index contributed by atoms with van der Waals surface area (Å²) in [6.45, 7) is 6.12. The van der Waals surface area contributed by atoms with Crippen LogP contribution in [0.5, 0.6) is 5.75 Å². The van der Waals surface area contributed by atoms with E-state index in [1.807, 2.05) is 45.0 Å². The first kappa shape index (κ1) is 18.0. The van der Waals surface area contributed by atoms with E-state index in [0.29, 0.717) is 13.0 Å². The number of carboxylic acids is 1. The van der Waals surface area contributed by atoms with Crippen molar-refractivity contribution in [1.29, 1.82) is 0 Å². The molecular weight excluding hydrogens is 282 g/mol. The summed E-state index contributed by atoms with van der Waals surface area (Å²) in [6, 6.07) is 7.58. The predicted molar refractivity (Wildman–Crippen MR) is 85.1 cm³/mol. The monoisotopic (exact) mass is 307 g/mol. The van der Waals surface area contributed by atoms with Crippen LogP contribution in [0.3, 0.4) is 0 Å². The van der Waals surface area contributed by atoms with Crippen molar-refractivity contribution in [2.45, 2.75) is 33.1 Å². The van der Waals surface area contributed by atoms with E-state index >= 15 is 0 Å². The molecule has 1 aromatic carbocycles. The summed E-state index contributed by atoms with van der Waals surface area (Å²) in [6.07, 6.45) is 0.298. The number of benzene rings is 1. The van der Waals surface area contributed by atoms with Crippen molar-refractivity contribution in [3.8, 4) is 5.75 Å². The Morgan fingerprint density at radius 2 is 1.77 bits per heavy atom. The highest BCUT2D eigenvalue weighted by Gasteiger charge is 2.20. The third-order valence-electron chi connectivity index (χ3n) is 3.43. The van der Waals surface area contributed by atoms with Crippen molar-refractivity contribution in [3.63, 3.8) is 0 Å². The van der Waals surface area contributed by atoms with E-state index in [1.165, 1.54) is 4.90 Å². The minimum Gasteiger partial charge on any atom is -0.497 e. The van der Waals surface area contributed by atoms with Crippen LogP contribution >= 0.6 is 0 Å². The first-order chi connectivity index (χ1) is 10.3. The summed E-state index contributed by atoms with van der Waals surface area (Å²) in [5.74, 6) is -0.0680. The Hall–Kier alpha value is -2.04. The molecule has 0 aliphatic carbocycles. The van der Waals surface area contributed by atoms with Crippen LogP contribution in [0.25, 0.3) is 0 Å². The quantitative estimate of drug-likeness (QED) is 0.802. The predicted octanol–water partition coefficient (Wildman–Crippen LogP) is 2.76. The summed E-state index contributed by atoms with van der Waals surface area (Å²) < 4.78 is 5.12. The average molecular weight is 307 g/mol. The van der Waals surface area contributed by atoms with Gasteiger partial charge in [0.25, 0.3) is 0 Å². The van der Waals surface area contributed by atoms with Crippen LogP contribution in [-0.2, 0) is 9.59 Å². The molecule has 1 aromatic rings. The highest BCUT2D eigenvalue weighted by molar-refractivity contribution is 5.81. The Labute approximate surface area is 131 Å².